The van der Waals surface area contributed by atoms with Gasteiger partial charge in [-0.15, -0.1) is 0 Å². The Labute approximate surface area is 121 Å². The zero-order valence-corrected chi connectivity index (χ0v) is 12.4. The highest BCUT2D eigenvalue weighted by Gasteiger charge is 2.12. The second kappa shape index (κ2) is 6.58. The van der Waals surface area contributed by atoms with E-state index in [0.717, 1.165) is 35.3 Å². The summed E-state index contributed by atoms with van der Waals surface area (Å²) in [5.41, 5.74) is 4.15. The first kappa shape index (κ1) is 14.6. The van der Waals surface area contributed by atoms with Crippen molar-refractivity contribution in [3.05, 3.63) is 64.7 Å². The Morgan fingerprint density at radius 1 is 1.05 bits per heavy atom. The van der Waals surface area contributed by atoms with E-state index in [9.17, 15) is 5.11 Å². The normalized spacial score (nSPS) is 12.2. The summed E-state index contributed by atoms with van der Waals surface area (Å²) in [4.78, 5) is 0. The summed E-state index contributed by atoms with van der Waals surface area (Å²) in [6.45, 7) is 4.16. The molecule has 1 N–H and O–H groups in total. The lowest BCUT2D eigenvalue weighted by Crippen LogP contribution is -2.01. The molecule has 0 aliphatic heterocycles. The molecule has 2 aromatic rings. The van der Waals surface area contributed by atoms with E-state index in [4.69, 9.17) is 4.74 Å². The molecule has 2 heteroatoms. The van der Waals surface area contributed by atoms with Gasteiger partial charge in [0.15, 0.2) is 0 Å². The van der Waals surface area contributed by atoms with Crippen molar-refractivity contribution in [3.63, 3.8) is 0 Å². The molecule has 0 bridgehead atoms. The average Bonchev–Trinajstić information content (AvgIpc) is 2.48. The van der Waals surface area contributed by atoms with Crippen molar-refractivity contribution in [2.75, 3.05) is 7.11 Å². The van der Waals surface area contributed by atoms with Crippen molar-refractivity contribution in [2.24, 2.45) is 0 Å². The highest BCUT2D eigenvalue weighted by atomic mass is 16.5. The van der Waals surface area contributed by atoms with Gasteiger partial charge in [-0.1, -0.05) is 49.7 Å². The van der Waals surface area contributed by atoms with E-state index in [2.05, 4.69) is 19.1 Å². The molecule has 0 aromatic heterocycles. The molecule has 0 saturated heterocycles. The van der Waals surface area contributed by atoms with Crippen LogP contribution in [-0.4, -0.2) is 12.2 Å². The first-order valence-corrected chi connectivity index (χ1v) is 7.07. The summed E-state index contributed by atoms with van der Waals surface area (Å²) < 4.78 is 5.31. The molecular weight excluding hydrogens is 248 g/mol. The van der Waals surface area contributed by atoms with Crippen LogP contribution in [0.3, 0.4) is 0 Å². The standard InChI is InChI=1S/C18H22O2/c1-4-5-14-7-10-15(11-8-14)18(19)16-9-6-13(2)17(12-16)20-3/h6-12,18-19H,4-5H2,1-3H3. The van der Waals surface area contributed by atoms with Crippen LogP contribution in [0.4, 0.5) is 0 Å². The summed E-state index contributed by atoms with van der Waals surface area (Å²) in [6.07, 6.45) is 1.60. The molecule has 0 radical (unpaired) electrons. The van der Waals surface area contributed by atoms with E-state index in [0.29, 0.717) is 0 Å². The lowest BCUT2D eigenvalue weighted by Gasteiger charge is -2.14. The van der Waals surface area contributed by atoms with Gasteiger partial charge in [0.1, 0.15) is 11.9 Å². The molecule has 0 spiro atoms. The molecule has 106 valence electrons. The van der Waals surface area contributed by atoms with Crippen LogP contribution in [0, 0.1) is 6.92 Å². The Hall–Kier alpha value is -1.80. The molecule has 2 aromatic carbocycles. The SMILES string of the molecule is CCCc1ccc(C(O)c2ccc(C)c(OC)c2)cc1. The number of hydrogen-bond acceptors (Lipinski definition) is 2. The van der Waals surface area contributed by atoms with Crippen LogP contribution >= 0.6 is 0 Å². The van der Waals surface area contributed by atoms with Gasteiger partial charge in [-0.25, -0.2) is 0 Å². The maximum Gasteiger partial charge on any atom is 0.122 e. The minimum absolute atomic E-state index is 0.611. The third-order valence-electron chi connectivity index (χ3n) is 3.58. The number of rotatable bonds is 5. The van der Waals surface area contributed by atoms with Gasteiger partial charge >= 0.3 is 0 Å². The Morgan fingerprint density at radius 3 is 2.30 bits per heavy atom. The quantitative estimate of drug-likeness (QED) is 0.888. The van der Waals surface area contributed by atoms with Gasteiger partial charge in [-0.3, -0.25) is 0 Å². The summed E-state index contributed by atoms with van der Waals surface area (Å²) in [5.74, 6) is 0.809. The fourth-order valence-corrected chi connectivity index (χ4v) is 2.35. The maximum absolute atomic E-state index is 10.5. The Bertz CT molecular complexity index is 558. The van der Waals surface area contributed by atoms with Crippen LogP contribution in [0.1, 0.15) is 41.7 Å². The largest absolute Gasteiger partial charge is 0.496 e. The van der Waals surface area contributed by atoms with Crippen molar-refractivity contribution in [2.45, 2.75) is 32.8 Å². The van der Waals surface area contributed by atoms with Gasteiger partial charge in [0.05, 0.1) is 7.11 Å². The number of aliphatic hydroxyl groups excluding tert-OH is 1. The molecule has 0 heterocycles. The number of hydrogen-bond donors (Lipinski definition) is 1. The molecular formula is C18H22O2. The highest BCUT2D eigenvalue weighted by molar-refractivity contribution is 5.40. The Kier molecular flexibility index (Phi) is 4.80. The molecule has 0 fully saturated rings. The minimum atomic E-state index is -0.611. The molecule has 1 atom stereocenters. The smallest absolute Gasteiger partial charge is 0.122 e. The summed E-state index contributed by atoms with van der Waals surface area (Å²) in [6, 6.07) is 14.0. The first-order chi connectivity index (χ1) is 9.65. The molecule has 0 aliphatic carbocycles. The third kappa shape index (κ3) is 3.20. The summed E-state index contributed by atoms with van der Waals surface area (Å²) >= 11 is 0. The van der Waals surface area contributed by atoms with E-state index < -0.39 is 6.10 Å². The van der Waals surface area contributed by atoms with E-state index in [-0.39, 0.29) is 0 Å². The zero-order chi connectivity index (χ0) is 14.5. The van der Waals surface area contributed by atoms with Crippen molar-refractivity contribution in [1.29, 1.82) is 0 Å². The van der Waals surface area contributed by atoms with E-state index >= 15 is 0 Å². The monoisotopic (exact) mass is 270 g/mol. The van der Waals surface area contributed by atoms with Gasteiger partial charge in [0, 0.05) is 0 Å². The summed E-state index contributed by atoms with van der Waals surface area (Å²) in [7, 11) is 1.65. The molecule has 0 aliphatic rings. The third-order valence-corrected chi connectivity index (χ3v) is 3.58. The van der Waals surface area contributed by atoms with Crippen molar-refractivity contribution >= 4 is 0 Å². The van der Waals surface area contributed by atoms with Gasteiger partial charge < -0.3 is 9.84 Å². The Morgan fingerprint density at radius 2 is 1.70 bits per heavy atom. The fraction of sp³-hybridized carbons (Fsp3) is 0.333. The molecule has 2 rings (SSSR count). The number of aliphatic hydroxyl groups is 1. The molecule has 0 amide bonds. The van der Waals surface area contributed by atoms with Crippen LogP contribution in [0.5, 0.6) is 5.75 Å². The van der Waals surface area contributed by atoms with Crippen LogP contribution in [-0.2, 0) is 6.42 Å². The number of benzene rings is 2. The topological polar surface area (TPSA) is 29.5 Å². The first-order valence-electron chi connectivity index (χ1n) is 7.07. The number of methoxy groups -OCH3 is 1. The molecule has 0 saturated carbocycles. The summed E-state index contributed by atoms with van der Waals surface area (Å²) in [5, 5.41) is 10.5. The van der Waals surface area contributed by atoms with Gasteiger partial charge in [0.25, 0.3) is 0 Å². The van der Waals surface area contributed by atoms with Crippen LogP contribution in [0.2, 0.25) is 0 Å². The lowest BCUT2D eigenvalue weighted by atomic mass is 9.98. The molecule has 2 nitrogen and oxygen atoms in total. The van der Waals surface area contributed by atoms with Gasteiger partial charge in [0.2, 0.25) is 0 Å². The van der Waals surface area contributed by atoms with Crippen LogP contribution < -0.4 is 4.74 Å². The number of ether oxygens (including phenoxy) is 1. The predicted molar refractivity (Wildman–Crippen MR) is 82.2 cm³/mol. The predicted octanol–water partition coefficient (Wildman–Crippen LogP) is 4.04. The van der Waals surface area contributed by atoms with E-state index in [1.165, 1.54) is 5.56 Å². The molecule has 20 heavy (non-hydrogen) atoms. The maximum atomic E-state index is 10.5. The molecule has 1 unspecified atom stereocenters. The lowest BCUT2D eigenvalue weighted by molar-refractivity contribution is 0.219. The Balaban J connectivity index is 2.24. The van der Waals surface area contributed by atoms with Crippen LogP contribution in [0.25, 0.3) is 0 Å². The minimum Gasteiger partial charge on any atom is -0.496 e. The zero-order valence-electron chi connectivity index (χ0n) is 12.4. The second-order valence-electron chi connectivity index (χ2n) is 5.12. The van der Waals surface area contributed by atoms with E-state index in [1.807, 2.05) is 37.3 Å². The van der Waals surface area contributed by atoms with E-state index in [1.54, 1.807) is 7.11 Å². The van der Waals surface area contributed by atoms with Gasteiger partial charge in [-0.2, -0.15) is 0 Å². The van der Waals surface area contributed by atoms with Crippen molar-refractivity contribution in [3.8, 4) is 5.75 Å². The van der Waals surface area contributed by atoms with Gasteiger partial charge in [-0.05, 0) is 41.7 Å². The average molecular weight is 270 g/mol. The fourth-order valence-electron chi connectivity index (χ4n) is 2.35. The van der Waals surface area contributed by atoms with Crippen molar-refractivity contribution < 1.29 is 9.84 Å². The second-order valence-corrected chi connectivity index (χ2v) is 5.12. The highest BCUT2D eigenvalue weighted by Crippen LogP contribution is 2.27. The van der Waals surface area contributed by atoms with Crippen molar-refractivity contribution in [1.82, 2.24) is 0 Å². The number of aryl methyl sites for hydroxylation is 2. The van der Waals surface area contributed by atoms with Crippen LogP contribution in [0.15, 0.2) is 42.5 Å².